The number of nitrogens with one attached hydrogen (secondary N) is 1. The van der Waals surface area contributed by atoms with E-state index in [0.29, 0.717) is 0 Å². The Bertz CT molecular complexity index is 564. The number of halogens is 1. The molecule has 0 radical (unpaired) electrons. The zero-order valence-electron chi connectivity index (χ0n) is 11.3. The van der Waals surface area contributed by atoms with Gasteiger partial charge < -0.3 is 14.8 Å². The van der Waals surface area contributed by atoms with E-state index in [9.17, 15) is 9.18 Å². The number of nitriles is 1. The number of nitrogens with zero attached hydrogens (tertiary/aromatic N) is 1. The molecule has 0 heterocycles. The van der Waals surface area contributed by atoms with Crippen molar-refractivity contribution < 1.29 is 18.7 Å². The molecule has 1 atom stereocenters. The number of benzene rings is 1. The van der Waals surface area contributed by atoms with Crippen LogP contribution in [0.4, 0.5) is 4.39 Å². The van der Waals surface area contributed by atoms with Crippen LogP contribution in [0.3, 0.4) is 0 Å². The van der Waals surface area contributed by atoms with Gasteiger partial charge in [0.05, 0.1) is 20.3 Å². The van der Waals surface area contributed by atoms with Gasteiger partial charge in [0, 0.05) is 0 Å². The van der Waals surface area contributed by atoms with Crippen LogP contribution in [-0.2, 0) is 0 Å². The lowest BCUT2D eigenvalue weighted by Crippen LogP contribution is -2.36. The van der Waals surface area contributed by atoms with Crippen LogP contribution in [0.15, 0.2) is 12.1 Å². The summed E-state index contributed by atoms with van der Waals surface area (Å²) >= 11 is 0. The topological polar surface area (TPSA) is 71.3 Å². The summed E-state index contributed by atoms with van der Waals surface area (Å²) < 4.78 is 24.0. The van der Waals surface area contributed by atoms with Crippen molar-refractivity contribution >= 4 is 5.91 Å². The Labute approximate surface area is 116 Å². The lowest BCUT2D eigenvalue weighted by Gasteiger charge is -2.15. The maximum Gasteiger partial charge on any atom is 0.259 e. The van der Waals surface area contributed by atoms with Crippen LogP contribution >= 0.6 is 0 Å². The lowest BCUT2D eigenvalue weighted by atomic mass is 10.1. The second kappa shape index (κ2) is 5.78. The second-order valence-corrected chi connectivity index (χ2v) is 4.58. The molecular formula is C14H15FN2O3. The Kier molecular flexibility index (Phi) is 4.08. The van der Waals surface area contributed by atoms with Gasteiger partial charge in [-0.1, -0.05) is 0 Å². The molecule has 0 spiro atoms. The van der Waals surface area contributed by atoms with Gasteiger partial charge in [0.15, 0.2) is 11.5 Å². The van der Waals surface area contributed by atoms with E-state index in [4.69, 9.17) is 14.7 Å². The normalized spacial score (nSPS) is 15.1. The fourth-order valence-corrected chi connectivity index (χ4v) is 2.01. The highest BCUT2D eigenvalue weighted by molar-refractivity contribution is 5.98. The SMILES string of the molecule is COc1ccc(F)c(C(=O)N[C@@H](C#N)C2CC2)c1OC. The Morgan fingerprint density at radius 3 is 2.65 bits per heavy atom. The summed E-state index contributed by atoms with van der Waals surface area (Å²) in [6.45, 7) is 0. The highest BCUT2D eigenvalue weighted by Crippen LogP contribution is 2.35. The molecular weight excluding hydrogens is 263 g/mol. The molecule has 0 aromatic heterocycles. The van der Waals surface area contributed by atoms with E-state index in [2.05, 4.69) is 5.32 Å². The first-order chi connectivity index (χ1) is 9.62. The maximum absolute atomic E-state index is 13.9. The summed E-state index contributed by atoms with van der Waals surface area (Å²) in [5, 5.41) is 11.6. The van der Waals surface area contributed by atoms with Crippen molar-refractivity contribution in [3.63, 3.8) is 0 Å². The molecule has 5 nitrogen and oxygen atoms in total. The van der Waals surface area contributed by atoms with Gasteiger partial charge in [-0.15, -0.1) is 0 Å². The molecule has 1 aromatic rings. The van der Waals surface area contributed by atoms with Crippen molar-refractivity contribution in [1.29, 1.82) is 5.26 Å². The fourth-order valence-electron chi connectivity index (χ4n) is 2.01. The Hall–Kier alpha value is -2.29. The zero-order chi connectivity index (χ0) is 14.7. The predicted octanol–water partition coefficient (Wildman–Crippen LogP) is 1.87. The smallest absolute Gasteiger partial charge is 0.259 e. The number of carbonyl (C=O) groups is 1. The largest absolute Gasteiger partial charge is 0.493 e. The predicted molar refractivity (Wildman–Crippen MR) is 69.1 cm³/mol. The minimum absolute atomic E-state index is 0.0255. The van der Waals surface area contributed by atoms with Crippen molar-refractivity contribution in [2.75, 3.05) is 14.2 Å². The first-order valence-corrected chi connectivity index (χ1v) is 6.23. The Morgan fingerprint density at radius 2 is 2.15 bits per heavy atom. The third-order valence-electron chi connectivity index (χ3n) is 3.24. The number of carbonyl (C=O) groups excluding carboxylic acids is 1. The summed E-state index contributed by atoms with van der Waals surface area (Å²) in [5.74, 6) is -0.940. The van der Waals surface area contributed by atoms with E-state index in [1.165, 1.54) is 20.3 Å². The number of ether oxygens (including phenoxy) is 2. The lowest BCUT2D eigenvalue weighted by molar-refractivity contribution is 0.0933. The quantitative estimate of drug-likeness (QED) is 0.892. The summed E-state index contributed by atoms with van der Waals surface area (Å²) in [6.07, 6.45) is 1.80. The molecule has 1 amide bonds. The van der Waals surface area contributed by atoms with Crippen LogP contribution in [-0.4, -0.2) is 26.2 Å². The first-order valence-electron chi connectivity index (χ1n) is 6.23. The van der Waals surface area contributed by atoms with Gasteiger partial charge in [-0.2, -0.15) is 5.26 Å². The van der Waals surface area contributed by atoms with E-state index in [1.54, 1.807) is 0 Å². The van der Waals surface area contributed by atoms with Crippen LogP contribution in [0.5, 0.6) is 11.5 Å². The van der Waals surface area contributed by atoms with E-state index < -0.39 is 17.8 Å². The molecule has 20 heavy (non-hydrogen) atoms. The number of rotatable bonds is 5. The molecule has 1 aliphatic carbocycles. The van der Waals surface area contributed by atoms with Crippen LogP contribution in [0, 0.1) is 23.1 Å². The summed E-state index contributed by atoms with van der Waals surface area (Å²) in [6, 6.07) is 3.94. The van der Waals surface area contributed by atoms with Gasteiger partial charge >= 0.3 is 0 Å². The number of methoxy groups -OCH3 is 2. The van der Waals surface area contributed by atoms with Gasteiger partial charge in [0.2, 0.25) is 0 Å². The highest BCUT2D eigenvalue weighted by Gasteiger charge is 2.34. The average Bonchev–Trinajstić information content (AvgIpc) is 3.28. The minimum Gasteiger partial charge on any atom is -0.493 e. The second-order valence-electron chi connectivity index (χ2n) is 4.58. The van der Waals surface area contributed by atoms with Crippen molar-refractivity contribution in [2.24, 2.45) is 5.92 Å². The van der Waals surface area contributed by atoms with Gasteiger partial charge in [0.25, 0.3) is 5.91 Å². The standard InChI is InChI=1S/C14H15FN2O3/c1-19-11-6-5-9(15)12(13(11)20-2)14(18)17-10(7-16)8-3-4-8/h5-6,8,10H,3-4H2,1-2H3,(H,17,18)/t10-/m0/s1. The third-order valence-corrected chi connectivity index (χ3v) is 3.24. The molecule has 0 aliphatic heterocycles. The molecule has 106 valence electrons. The Morgan fingerprint density at radius 1 is 1.45 bits per heavy atom. The third kappa shape index (κ3) is 2.67. The molecule has 0 bridgehead atoms. The molecule has 1 saturated carbocycles. The van der Waals surface area contributed by atoms with Crippen molar-refractivity contribution in [1.82, 2.24) is 5.32 Å². The minimum atomic E-state index is -0.715. The number of hydrogen-bond acceptors (Lipinski definition) is 4. The average molecular weight is 278 g/mol. The van der Waals surface area contributed by atoms with Gasteiger partial charge in [0.1, 0.15) is 17.4 Å². The highest BCUT2D eigenvalue weighted by atomic mass is 19.1. The maximum atomic E-state index is 13.9. The summed E-state index contributed by atoms with van der Waals surface area (Å²) in [5.41, 5.74) is -0.243. The van der Waals surface area contributed by atoms with Crippen molar-refractivity contribution in [3.05, 3.63) is 23.5 Å². The number of hydrogen-bond donors (Lipinski definition) is 1. The molecule has 2 rings (SSSR count). The monoisotopic (exact) mass is 278 g/mol. The van der Waals surface area contributed by atoms with Gasteiger partial charge in [-0.25, -0.2) is 4.39 Å². The molecule has 1 aliphatic rings. The molecule has 6 heteroatoms. The molecule has 0 saturated heterocycles. The Balaban J connectivity index is 2.31. The molecule has 1 fully saturated rings. The van der Waals surface area contributed by atoms with Gasteiger partial charge in [-0.3, -0.25) is 4.79 Å². The van der Waals surface area contributed by atoms with E-state index >= 15 is 0 Å². The molecule has 0 unspecified atom stereocenters. The van der Waals surface area contributed by atoms with Crippen LogP contribution in [0.1, 0.15) is 23.2 Å². The molecule has 1 N–H and O–H groups in total. The van der Waals surface area contributed by atoms with Crippen LogP contribution < -0.4 is 14.8 Å². The summed E-state index contributed by atoms with van der Waals surface area (Å²) in [4.78, 5) is 12.2. The van der Waals surface area contributed by atoms with E-state index in [1.807, 2.05) is 6.07 Å². The fraction of sp³-hybridized carbons (Fsp3) is 0.429. The van der Waals surface area contributed by atoms with Crippen molar-refractivity contribution in [2.45, 2.75) is 18.9 Å². The van der Waals surface area contributed by atoms with E-state index in [-0.39, 0.29) is 23.0 Å². The van der Waals surface area contributed by atoms with Gasteiger partial charge in [-0.05, 0) is 30.9 Å². The van der Waals surface area contributed by atoms with Crippen LogP contribution in [0.2, 0.25) is 0 Å². The zero-order valence-corrected chi connectivity index (χ0v) is 11.3. The van der Waals surface area contributed by atoms with Crippen LogP contribution in [0.25, 0.3) is 0 Å². The first kappa shape index (κ1) is 14.1. The number of amides is 1. The van der Waals surface area contributed by atoms with Crippen molar-refractivity contribution in [3.8, 4) is 17.6 Å². The summed E-state index contributed by atoms with van der Waals surface area (Å²) in [7, 11) is 2.73. The van der Waals surface area contributed by atoms with E-state index in [0.717, 1.165) is 18.9 Å². The molecule has 1 aromatic carbocycles.